The van der Waals surface area contributed by atoms with Crippen LogP contribution >= 0.6 is 15.9 Å². The molecule has 0 aliphatic heterocycles. The maximum Gasteiger partial charge on any atom is 0.573 e. The van der Waals surface area contributed by atoms with Crippen LogP contribution in [0.25, 0.3) is 0 Å². The first kappa shape index (κ1) is 17.3. The molecule has 2 rings (SSSR count). The Morgan fingerprint density at radius 3 is 2.30 bits per heavy atom. The van der Waals surface area contributed by atoms with E-state index >= 15 is 0 Å². The predicted octanol–water partition coefficient (Wildman–Crippen LogP) is 4.62. The fourth-order valence-corrected chi connectivity index (χ4v) is 2.38. The van der Waals surface area contributed by atoms with E-state index in [0.717, 1.165) is 22.2 Å². The molecule has 1 amide bonds. The normalized spacial score (nSPS) is 11.2. The number of amides is 1. The monoisotopic (exact) mass is 387 g/mol. The molecular weight excluding hydrogens is 375 g/mol. The van der Waals surface area contributed by atoms with Gasteiger partial charge in [-0.1, -0.05) is 34.1 Å². The molecule has 0 unspecified atom stereocenters. The Labute approximate surface area is 139 Å². The van der Waals surface area contributed by atoms with E-state index in [1.807, 2.05) is 24.3 Å². The lowest BCUT2D eigenvalue weighted by Gasteiger charge is -2.18. The van der Waals surface area contributed by atoms with Gasteiger partial charge in [-0.25, -0.2) is 0 Å². The summed E-state index contributed by atoms with van der Waals surface area (Å²) in [6, 6.07) is 12.3. The largest absolute Gasteiger partial charge is 0.573 e. The third kappa shape index (κ3) is 4.99. The molecule has 0 aliphatic carbocycles. The van der Waals surface area contributed by atoms with Crippen molar-refractivity contribution in [3.63, 3.8) is 0 Å². The van der Waals surface area contributed by atoms with Crippen LogP contribution in [0, 0.1) is 0 Å². The van der Waals surface area contributed by atoms with Crippen molar-refractivity contribution in [1.29, 1.82) is 0 Å². The van der Waals surface area contributed by atoms with Gasteiger partial charge in [-0.15, -0.1) is 13.2 Å². The van der Waals surface area contributed by atoms with Gasteiger partial charge in [-0.05, 0) is 35.9 Å². The zero-order valence-corrected chi connectivity index (χ0v) is 13.7. The van der Waals surface area contributed by atoms with Gasteiger partial charge in [0.15, 0.2) is 0 Å². The Morgan fingerprint density at radius 2 is 1.74 bits per heavy atom. The molecule has 23 heavy (non-hydrogen) atoms. The highest BCUT2D eigenvalue weighted by Gasteiger charge is 2.31. The highest BCUT2D eigenvalue weighted by atomic mass is 79.9. The predicted molar refractivity (Wildman–Crippen MR) is 83.1 cm³/mol. The van der Waals surface area contributed by atoms with Crippen molar-refractivity contribution in [1.82, 2.24) is 4.90 Å². The van der Waals surface area contributed by atoms with Gasteiger partial charge in [-0.3, -0.25) is 4.79 Å². The number of benzene rings is 2. The second kappa shape index (κ2) is 7.04. The van der Waals surface area contributed by atoms with Gasteiger partial charge in [0.05, 0.1) is 0 Å². The minimum absolute atomic E-state index is 0.286. The number of hydrogen-bond donors (Lipinski definition) is 0. The smallest absolute Gasteiger partial charge is 0.406 e. The number of alkyl halides is 3. The average molecular weight is 388 g/mol. The summed E-state index contributed by atoms with van der Waals surface area (Å²) in [5.41, 5.74) is 1.22. The van der Waals surface area contributed by atoms with Crippen LogP contribution in [-0.2, 0) is 6.54 Å². The molecule has 0 radical (unpaired) electrons. The van der Waals surface area contributed by atoms with Crippen molar-refractivity contribution in [3.05, 3.63) is 64.1 Å². The number of carbonyl (C=O) groups excluding carboxylic acids is 1. The fourth-order valence-electron chi connectivity index (χ4n) is 1.97. The van der Waals surface area contributed by atoms with E-state index in [1.165, 1.54) is 17.0 Å². The van der Waals surface area contributed by atoms with Gasteiger partial charge in [0.1, 0.15) is 5.75 Å². The summed E-state index contributed by atoms with van der Waals surface area (Å²) in [4.78, 5) is 13.8. The van der Waals surface area contributed by atoms with Crippen LogP contribution in [-0.4, -0.2) is 24.2 Å². The topological polar surface area (TPSA) is 29.5 Å². The van der Waals surface area contributed by atoms with Crippen LogP contribution < -0.4 is 4.74 Å². The molecule has 0 N–H and O–H groups in total. The second-order valence-corrected chi connectivity index (χ2v) is 5.68. The summed E-state index contributed by atoms with van der Waals surface area (Å²) < 4.78 is 41.0. The van der Waals surface area contributed by atoms with E-state index in [9.17, 15) is 18.0 Å². The summed E-state index contributed by atoms with van der Waals surface area (Å²) >= 11 is 3.41. The molecule has 3 nitrogen and oxygen atoms in total. The quantitative estimate of drug-likeness (QED) is 0.765. The molecule has 0 bridgehead atoms. The van der Waals surface area contributed by atoms with Crippen LogP contribution in [0.4, 0.5) is 13.2 Å². The maximum atomic E-state index is 12.3. The molecule has 122 valence electrons. The lowest BCUT2D eigenvalue weighted by atomic mass is 10.1. The number of ether oxygens (including phenoxy) is 1. The molecule has 0 saturated heterocycles. The van der Waals surface area contributed by atoms with Crippen molar-refractivity contribution in [3.8, 4) is 5.75 Å². The molecule has 0 spiro atoms. The van der Waals surface area contributed by atoms with Crippen molar-refractivity contribution < 1.29 is 22.7 Å². The SMILES string of the molecule is CN(Cc1ccccc1Br)C(=O)c1ccc(OC(F)(F)F)cc1. The third-order valence-corrected chi connectivity index (χ3v) is 3.82. The molecule has 0 fully saturated rings. The zero-order chi connectivity index (χ0) is 17.0. The van der Waals surface area contributed by atoms with E-state index in [-0.39, 0.29) is 17.2 Å². The summed E-state index contributed by atoms with van der Waals surface area (Å²) in [5.74, 6) is -0.651. The van der Waals surface area contributed by atoms with Gasteiger partial charge in [0.2, 0.25) is 0 Å². The van der Waals surface area contributed by atoms with Crippen LogP contribution in [0.2, 0.25) is 0 Å². The Balaban J connectivity index is 2.06. The average Bonchev–Trinajstić information content (AvgIpc) is 2.48. The third-order valence-electron chi connectivity index (χ3n) is 3.05. The molecule has 0 aliphatic rings. The molecule has 0 atom stereocenters. The second-order valence-electron chi connectivity index (χ2n) is 4.82. The molecular formula is C16H13BrF3NO2. The molecule has 0 saturated carbocycles. The number of halogens is 4. The Morgan fingerprint density at radius 1 is 1.13 bits per heavy atom. The van der Waals surface area contributed by atoms with Crippen molar-refractivity contribution in [2.45, 2.75) is 12.9 Å². The summed E-state index contributed by atoms with van der Waals surface area (Å²) in [6.45, 7) is 0.376. The van der Waals surface area contributed by atoms with Crippen molar-refractivity contribution in [2.75, 3.05) is 7.05 Å². The first-order valence-electron chi connectivity index (χ1n) is 6.61. The maximum absolute atomic E-state index is 12.3. The minimum Gasteiger partial charge on any atom is -0.406 e. The van der Waals surface area contributed by atoms with E-state index < -0.39 is 6.36 Å². The van der Waals surface area contributed by atoms with Gasteiger partial charge >= 0.3 is 6.36 Å². The summed E-state index contributed by atoms with van der Waals surface area (Å²) in [6.07, 6.45) is -4.75. The number of rotatable bonds is 4. The lowest BCUT2D eigenvalue weighted by molar-refractivity contribution is -0.274. The first-order valence-corrected chi connectivity index (χ1v) is 7.40. The van der Waals surface area contributed by atoms with Crippen LogP contribution in [0.15, 0.2) is 53.0 Å². The molecule has 2 aromatic carbocycles. The van der Waals surface area contributed by atoms with Crippen molar-refractivity contribution in [2.24, 2.45) is 0 Å². The van der Waals surface area contributed by atoms with Crippen LogP contribution in [0.1, 0.15) is 15.9 Å². The van der Waals surface area contributed by atoms with Gasteiger partial charge in [0.25, 0.3) is 5.91 Å². The highest BCUT2D eigenvalue weighted by molar-refractivity contribution is 9.10. The van der Waals surface area contributed by atoms with Crippen LogP contribution in [0.5, 0.6) is 5.75 Å². The first-order chi connectivity index (χ1) is 10.8. The minimum atomic E-state index is -4.75. The van der Waals surface area contributed by atoms with Gasteiger partial charge in [0, 0.05) is 23.6 Å². The highest BCUT2D eigenvalue weighted by Crippen LogP contribution is 2.23. The number of hydrogen-bond acceptors (Lipinski definition) is 2. The van der Waals surface area contributed by atoms with E-state index in [1.54, 1.807) is 7.05 Å². The van der Waals surface area contributed by atoms with Crippen LogP contribution in [0.3, 0.4) is 0 Å². The molecule has 0 aromatic heterocycles. The summed E-state index contributed by atoms with van der Waals surface area (Å²) in [7, 11) is 1.63. The number of carbonyl (C=O) groups is 1. The standard InChI is InChI=1S/C16H13BrF3NO2/c1-21(10-12-4-2-3-5-14(12)17)15(22)11-6-8-13(9-7-11)23-16(18,19)20/h2-9H,10H2,1H3. The molecule has 2 aromatic rings. The fraction of sp³-hybridized carbons (Fsp3) is 0.188. The number of nitrogens with zero attached hydrogens (tertiary/aromatic N) is 1. The zero-order valence-electron chi connectivity index (χ0n) is 12.1. The van der Waals surface area contributed by atoms with E-state index in [2.05, 4.69) is 20.7 Å². The Bertz CT molecular complexity index is 686. The van der Waals surface area contributed by atoms with E-state index in [0.29, 0.717) is 6.54 Å². The van der Waals surface area contributed by atoms with Crippen molar-refractivity contribution >= 4 is 21.8 Å². The Kier molecular flexibility index (Phi) is 5.30. The van der Waals surface area contributed by atoms with Gasteiger partial charge in [-0.2, -0.15) is 0 Å². The molecule has 0 heterocycles. The lowest BCUT2D eigenvalue weighted by Crippen LogP contribution is -2.26. The molecule has 7 heteroatoms. The summed E-state index contributed by atoms with van der Waals surface area (Å²) in [5, 5.41) is 0. The van der Waals surface area contributed by atoms with Gasteiger partial charge < -0.3 is 9.64 Å². The Hall–Kier alpha value is -2.02. The van der Waals surface area contributed by atoms with E-state index in [4.69, 9.17) is 0 Å².